The molecule has 0 fully saturated rings. The van der Waals surface area contributed by atoms with Gasteiger partial charge in [0.25, 0.3) is 0 Å². The molecular weight excluding hydrogens is 312 g/mol. The first-order chi connectivity index (χ1) is 11.3. The van der Waals surface area contributed by atoms with E-state index < -0.39 is 5.60 Å². The van der Waals surface area contributed by atoms with E-state index in [1.807, 2.05) is 13.8 Å². The lowest BCUT2D eigenvalue weighted by atomic mass is 9.64. The summed E-state index contributed by atoms with van der Waals surface area (Å²) >= 11 is 0. The minimum Gasteiger partial charge on any atom is -0.456 e. The van der Waals surface area contributed by atoms with Gasteiger partial charge in [-0.25, -0.2) is 4.79 Å². The molecule has 0 saturated heterocycles. The Kier molecular flexibility index (Phi) is 9.43. The molecule has 0 saturated carbocycles. The molecule has 0 aliphatic carbocycles. The van der Waals surface area contributed by atoms with Crippen LogP contribution in [0.1, 0.15) is 88.0 Å². The summed E-state index contributed by atoms with van der Waals surface area (Å²) < 4.78 is 11.6. The van der Waals surface area contributed by atoms with Gasteiger partial charge in [0.15, 0.2) is 0 Å². The standard InChI is InChI=1S/C22H42O3/c1-11-19(23)25-20(7,8)13-14-24-21(9,10)16-22(12-2,18(5)6)15-17(3)4/h11,17-18H,1,12-16H2,2-10H3. The van der Waals surface area contributed by atoms with Crippen molar-refractivity contribution in [1.29, 1.82) is 0 Å². The van der Waals surface area contributed by atoms with E-state index in [4.69, 9.17) is 9.47 Å². The average Bonchev–Trinajstić information content (AvgIpc) is 2.44. The van der Waals surface area contributed by atoms with Crippen molar-refractivity contribution in [2.75, 3.05) is 6.61 Å². The van der Waals surface area contributed by atoms with E-state index in [1.54, 1.807) is 0 Å². The van der Waals surface area contributed by atoms with Crippen LogP contribution in [0.2, 0.25) is 0 Å². The predicted octanol–water partition coefficient (Wildman–Crippen LogP) is 6.17. The van der Waals surface area contributed by atoms with E-state index in [2.05, 4.69) is 55.0 Å². The summed E-state index contributed by atoms with van der Waals surface area (Å²) in [5.41, 5.74) is -0.449. The molecule has 0 aliphatic heterocycles. The third-order valence-corrected chi connectivity index (χ3v) is 5.26. The van der Waals surface area contributed by atoms with Crippen molar-refractivity contribution in [2.45, 2.75) is 99.2 Å². The van der Waals surface area contributed by atoms with Crippen LogP contribution >= 0.6 is 0 Å². The van der Waals surface area contributed by atoms with Gasteiger partial charge < -0.3 is 9.47 Å². The molecule has 3 nitrogen and oxygen atoms in total. The van der Waals surface area contributed by atoms with Crippen molar-refractivity contribution in [3.05, 3.63) is 12.7 Å². The molecule has 3 heteroatoms. The van der Waals surface area contributed by atoms with Crippen molar-refractivity contribution in [3.63, 3.8) is 0 Å². The lowest BCUT2D eigenvalue weighted by molar-refractivity contribution is -0.153. The van der Waals surface area contributed by atoms with Crippen molar-refractivity contribution < 1.29 is 14.3 Å². The van der Waals surface area contributed by atoms with Crippen LogP contribution in [0.25, 0.3) is 0 Å². The van der Waals surface area contributed by atoms with Gasteiger partial charge in [-0.2, -0.15) is 0 Å². The summed E-state index contributed by atoms with van der Waals surface area (Å²) in [5.74, 6) is 0.911. The number of esters is 1. The van der Waals surface area contributed by atoms with Crippen LogP contribution in [0, 0.1) is 17.3 Å². The summed E-state index contributed by atoms with van der Waals surface area (Å²) in [7, 11) is 0. The minimum absolute atomic E-state index is 0.201. The van der Waals surface area contributed by atoms with Gasteiger partial charge in [-0.3, -0.25) is 0 Å². The molecule has 0 aromatic rings. The second-order valence-electron chi connectivity index (χ2n) is 9.39. The third-order valence-electron chi connectivity index (χ3n) is 5.26. The van der Waals surface area contributed by atoms with E-state index in [-0.39, 0.29) is 11.6 Å². The molecule has 0 aromatic carbocycles. The molecule has 0 radical (unpaired) electrons. The van der Waals surface area contributed by atoms with E-state index in [9.17, 15) is 4.79 Å². The van der Waals surface area contributed by atoms with Crippen LogP contribution in [0.3, 0.4) is 0 Å². The number of hydrogen-bond donors (Lipinski definition) is 0. The van der Waals surface area contributed by atoms with E-state index in [0.29, 0.717) is 30.3 Å². The number of rotatable bonds is 12. The Morgan fingerprint density at radius 2 is 1.64 bits per heavy atom. The summed E-state index contributed by atoms with van der Waals surface area (Å²) in [6, 6.07) is 0. The lowest BCUT2D eigenvalue weighted by Crippen LogP contribution is -2.39. The van der Waals surface area contributed by atoms with Gasteiger partial charge in [-0.1, -0.05) is 47.6 Å². The van der Waals surface area contributed by atoms with Crippen molar-refractivity contribution in [3.8, 4) is 0 Å². The Morgan fingerprint density at radius 3 is 2.04 bits per heavy atom. The summed E-state index contributed by atoms with van der Waals surface area (Å²) in [6.07, 6.45) is 5.30. The van der Waals surface area contributed by atoms with Crippen LogP contribution in [0.15, 0.2) is 12.7 Å². The van der Waals surface area contributed by atoms with Crippen LogP contribution in [0.4, 0.5) is 0 Å². The highest BCUT2D eigenvalue weighted by Gasteiger charge is 2.38. The molecule has 0 aliphatic rings. The Bertz CT molecular complexity index is 421. The molecule has 1 atom stereocenters. The minimum atomic E-state index is -0.542. The van der Waals surface area contributed by atoms with E-state index in [0.717, 1.165) is 12.8 Å². The van der Waals surface area contributed by atoms with Gasteiger partial charge in [0.05, 0.1) is 12.2 Å². The van der Waals surface area contributed by atoms with E-state index in [1.165, 1.54) is 12.5 Å². The molecule has 0 amide bonds. The smallest absolute Gasteiger partial charge is 0.330 e. The fraction of sp³-hybridized carbons (Fsp3) is 0.864. The second kappa shape index (κ2) is 9.75. The maximum absolute atomic E-state index is 11.4. The molecule has 25 heavy (non-hydrogen) atoms. The average molecular weight is 355 g/mol. The predicted molar refractivity (Wildman–Crippen MR) is 107 cm³/mol. The second-order valence-corrected chi connectivity index (χ2v) is 9.39. The normalized spacial score (nSPS) is 15.3. The fourth-order valence-corrected chi connectivity index (χ4v) is 3.84. The quantitative estimate of drug-likeness (QED) is 0.310. The highest BCUT2D eigenvalue weighted by Crippen LogP contribution is 2.45. The molecule has 148 valence electrons. The monoisotopic (exact) mass is 354 g/mol. The number of carbonyl (C=O) groups is 1. The van der Waals surface area contributed by atoms with Crippen molar-refractivity contribution in [1.82, 2.24) is 0 Å². The maximum atomic E-state index is 11.4. The number of ether oxygens (including phenoxy) is 2. The number of hydrogen-bond acceptors (Lipinski definition) is 3. The Morgan fingerprint density at radius 1 is 1.08 bits per heavy atom. The highest BCUT2D eigenvalue weighted by molar-refractivity contribution is 5.81. The summed E-state index contributed by atoms with van der Waals surface area (Å²) in [5, 5.41) is 0. The molecule has 0 rings (SSSR count). The molecular formula is C22H42O3. The van der Waals surface area contributed by atoms with Crippen LogP contribution < -0.4 is 0 Å². The van der Waals surface area contributed by atoms with Gasteiger partial charge in [-0.05, 0) is 57.8 Å². The molecule has 1 unspecified atom stereocenters. The molecule has 0 heterocycles. The van der Waals surface area contributed by atoms with Crippen LogP contribution in [0.5, 0.6) is 0 Å². The van der Waals surface area contributed by atoms with Crippen LogP contribution in [-0.2, 0) is 14.3 Å². The van der Waals surface area contributed by atoms with Crippen molar-refractivity contribution >= 4 is 5.97 Å². The lowest BCUT2D eigenvalue weighted by Gasteiger charge is -2.44. The Balaban J connectivity index is 4.84. The van der Waals surface area contributed by atoms with Crippen molar-refractivity contribution in [2.24, 2.45) is 17.3 Å². The van der Waals surface area contributed by atoms with Gasteiger partial charge in [-0.15, -0.1) is 0 Å². The molecule has 0 spiro atoms. The first kappa shape index (κ1) is 24.2. The Labute approximate surface area is 156 Å². The summed E-state index contributed by atoms with van der Waals surface area (Å²) in [4.78, 5) is 11.4. The fourth-order valence-electron chi connectivity index (χ4n) is 3.84. The molecule has 0 bridgehead atoms. The van der Waals surface area contributed by atoms with E-state index >= 15 is 0 Å². The molecule has 0 N–H and O–H groups in total. The van der Waals surface area contributed by atoms with Gasteiger partial charge in [0.1, 0.15) is 5.60 Å². The summed E-state index contributed by atoms with van der Waals surface area (Å²) in [6.45, 7) is 23.8. The zero-order valence-electron chi connectivity index (χ0n) is 18.2. The number of carbonyl (C=O) groups excluding carboxylic acids is 1. The first-order valence-electron chi connectivity index (χ1n) is 9.78. The maximum Gasteiger partial charge on any atom is 0.330 e. The third kappa shape index (κ3) is 8.89. The zero-order chi connectivity index (χ0) is 19.9. The SMILES string of the molecule is C=CC(=O)OC(C)(C)CCOC(C)(C)CC(CC)(CC(C)C)C(C)C. The van der Waals surface area contributed by atoms with Gasteiger partial charge in [0, 0.05) is 12.5 Å². The highest BCUT2D eigenvalue weighted by atomic mass is 16.6. The largest absolute Gasteiger partial charge is 0.456 e. The molecule has 0 aromatic heterocycles. The topological polar surface area (TPSA) is 35.5 Å². The Hall–Kier alpha value is -0.830. The first-order valence-corrected chi connectivity index (χ1v) is 9.78. The van der Waals surface area contributed by atoms with Gasteiger partial charge in [0.2, 0.25) is 0 Å². The zero-order valence-corrected chi connectivity index (χ0v) is 18.2. The van der Waals surface area contributed by atoms with Gasteiger partial charge >= 0.3 is 5.97 Å². The van der Waals surface area contributed by atoms with Crippen LogP contribution in [-0.4, -0.2) is 23.8 Å².